The summed E-state index contributed by atoms with van der Waals surface area (Å²) in [6.45, 7) is 13.5. The number of nitrogens with one attached hydrogen (secondary N) is 1. The Hall–Kier alpha value is -0.810. The van der Waals surface area contributed by atoms with E-state index in [1.807, 2.05) is 0 Å². The fourth-order valence-electron chi connectivity index (χ4n) is 3.06. The summed E-state index contributed by atoms with van der Waals surface area (Å²) in [5.74, 6) is 1.07. The molecule has 3 rings (SSSR count). The van der Waals surface area contributed by atoms with Crippen LogP contribution in [-0.2, 0) is 0 Å². The summed E-state index contributed by atoms with van der Waals surface area (Å²) in [7, 11) is 2.15. The number of rotatable bonds is 6. The Bertz CT molecular complexity index is 309. The van der Waals surface area contributed by atoms with Crippen molar-refractivity contribution in [2.45, 2.75) is 32.7 Å². The van der Waals surface area contributed by atoms with Crippen molar-refractivity contribution in [1.82, 2.24) is 20.0 Å². The summed E-state index contributed by atoms with van der Waals surface area (Å²) in [6.07, 6.45) is 2.46. The van der Waals surface area contributed by atoms with E-state index in [0.717, 1.165) is 25.6 Å². The highest BCUT2D eigenvalue weighted by atomic mass is 15.4. The summed E-state index contributed by atoms with van der Waals surface area (Å²) in [6, 6.07) is 0.616. The van der Waals surface area contributed by atoms with Gasteiger partial charge in [0.2, 0.25) is 0 Å². The molecule has 5 heteroatoms. The molecule has 2 bridgehead atoms. The molecule has 0 amide bonds. The minimum atomic E-state index is 0.616. The van der Waals surface area contributed by atoms with Crippen molar-refractivity contribution >= 4 is 5.96 Å². The zero-order chi connectivity index (χ0) is 14.4. The van der Waals surface area contributed by atoms with Crippen molar-refractivity contribution in [2.24, 2.45) is 4.99 Å². The SMILES string of the molecule is CCCCN(C)C(=NCC1CN2CCN1CC2)NCC. The maximum atomic E-state index is 4.87. The molecule has 3 aliphatic heterocycles. The molecule has 116 valence electrons. The average Bonchev–Trinajstić information content (AvgIpc) is 2.50. The zero-order valence-electron chi connectivity index (χ0n) is 13.4. The smallest absolute Gasteiger partial charge is 0.193 e. The molecule has 0 aromatic carbocycles. The molecule has 0 aromatic heterocycles. The van der Waals surface area contributed by atoms with Crippen LogP contribution in [0.25, 0.3) is 0 Å². The molecule has 0 spiro atoms. The van der Waals surface area contributed by atoms with Crippen molar-refractivity contribution < 1.29 is 0 Å². The molecule has 3 heterocycles. The van der Waals surface area contributed by atoms with Crippen LogP contribution in [0.2, 0.25) is 0 Å². The Kier molecular flexibility index (Phi) is 6.10. The second-order valence-electron chi connectivity index (χ2n) is 5.96. The molecule has 0 aromatic rings. The van der Waals surface area contributed by atoms with Gasteiger partial charge >= 0.3 is 0 Å². The first-order valence-corrected chi connectivity index (χ1v) is 8.20. The molecule has 3 saturated heterocycles. The Morgan fingerprint density at radius 1 is 1.25 bits per heavy atom. The summed E-state index contributed by atoms with van der Waals surface area (Å²) < 4.78 is 0. The zero-order valence-corrected chi connectivity index (χ0v) is 13.4. The first-order chi connectivity index (χ1) is 9.74. The Morgan fingerprint density at radius 3 is 2.55 bits per heavy atom. The van der Waals surface area contributed by atoms with E-state index in [1.54, 1.807) is 0 Å². The molecule has 0 radical (unpaired) electrons. The largest absolute Gasteiger partial charge is 0.357 e. The maximum absolute atomic E-state index is 4.87. The Labute approximate surface area is 124 Å². The molecule has 3 fully saturated rings. The van der Waals surface area contributed by atoms with Gasteiger partial charge in [0.25, 0.3) is 0 Å². The van der Waals surface area contributed by atoms with Crippen molar-refractivity contribution in [1.29, 1.82) is 0 Å². The van der Waals surface area contributed by atoms with Gasteiger partial charge in [-0.25, -0.2) is 0 Å². The lowest BCUT2D eigenvalue weighted by Crippen LogP contribution is -2.62. The van der Waals surface area contributed by atoms with Crippen molar-refractivity contribution in [3.8, 4) is 0 Å². The molecule has 0 aliphatic carbocycles. The highest BCUT2D eigenvalue weighted by Gasteiger charge is 2.31. The maximum Gasteiger partial charge on any atom is 0.193 e. The standard InChI is InChI=1S/C15H31N5/c1-4-6-7-18(3)15(16-5-2)17-12-14-13-19-8-10-20(14)11-9-19/h14H,4-13H2,1-3H3,(H,16,17). The number of piperazine rings is 3. The van der Waals surface area contributed by atoms with Crippen molar-refractivity contribution in [3.05, 3.63) is 0 Å². The van der Waals surface area contributed by atoms with E-state index < -0.39 is 0 Å². The molecule has 20 heavy (non-hydrogen) atoms. The molecular formula is C15H31N5. The van der Waals surface area contributed by atoms with E-state index in [1.165, 1.54) is 45.6 Å². The van der Waals surface area contributed by atoms with E-state index >= 15 is 0 Å². The second-order valence-corrected chi connectivity index (χ2v) is 5.96. The third-order valence-corrected chi connectivity index (χ3v) is 4.39. The molecule has 5 nitrogen and oxygen atoms in total. The van der Waals surface area contributed by atoms with E-state index in [4.69, 9.17) is 4.99 Å². The average molecular weight is 281 g/mol. The van der Waals surface area contributed by atoms with Gasteiger partial charge in [-0.15, -0.1) is 0 Å². The molecule has 3 aliphatic rings. The van der Waals surface area contributed by atoms with E-state index in [9.17, 15) is 0 Å². The highest BCUT2D eigenvalue weighted by molar-refractivity contribution is 5.79. The van der Waals surface area contributed by atoms with Crippen LogP contribution in [0.5, 0.6) is 0 Å². The first kappa shape index (κ1) is 15.6. The van der Waals surface area contributed by atoms with Crippen LogP contribution < -0.4 is 5.32 Å². The van der Waals surface area contributed by atoms with Crippen LogP contribution in [0.1, 0.15) is 26.7 Å². The number of hydrogen-bond acceptors (Lipinski definition) is 3. The minimum absolute atomic E-state index is 0.616. The van der Waals surface area contributed by atoms with Crippen LogP contribution in [0.3, 0.4) is 0 Å². The summed E-state index contributed by atoms with van der Waals surface area (Å²) >= 11 is 0. The molecule has 1 unspecified atom stereocenters. The fraction of sp³-hybridized carbons (Fsp3) is 0.933. The third kappa shape index (κ3) is 4.09. The van der Waals surface area contributed by atoms with Crippen LogP contribution in [0.15, 0.2) is 4.99 Å². The van der Waals surface area contributed by atoms with Gasteiger partial charge in [-0.2, -0.15) is 0 Å². The summed E-state index contributed by atoms with van der Waals surface area (Å²) in [5.41, 5.74) is 0. The highest BCUT2D eigenvalue weighted by Crippen LogP contribution is 2.15. The Morgan fingerprint density at radius 2 is 2.00 bits per heavy atom. The lowest BCUT2D eigenvalue weighted by Gasteiger charge is -2.47. The third-order valence-electron chi connectivity index (χ3n) is 4.39. The van der Waals surface area contributed by atoms with Gasteiger partial charge in [-0.05, 0) is 13.3 Å². The topological polar surface area (TPSA) is 34.1 Å². The first-order valence-electron chi connectivity index (χ1n) is 8.20. The van der Waals surface area contributed by atoms with E-state index in [-0.39, 0.29) is 0 Å². The molecule has 0 saturated carbocycles. The van der Waals surface area contributed by atoms with Crippen LogP contribution in [-0.4, -0.2) is 86.1 Å². The van der Waals surface area contributed by atoms with Crippen molar-refractivity contribution in [2.75, 3.05) is 59.4 Å². The quantitative estimate of drug-likeness (QED) is 0.574. The van der Waals surface area contributed by atoms with Crippen molar-refractivity contribution in [3.63, 3.8) is 0 Å². The van der Waals surface area contributed by atoms with Crippen LogP contribution >= 0.6 is 0 Å². The van der Waals surface area contributed by atoms with Gasteiger partial charge in [-0.1, -0.05) is 13.3 Å². The minimum Gasteiger partial charge on any atom is -0.357 e. The number of aliphatic imine (C=N–C) groups is 1. The lowest BCUT2D eigenvalue weighted by molar-refractivity contribution is 0.0173. The number of nitrogens with zero attached hydrogens (tertiary/aromatic N) is 4. The van der Waals surface area contributed by atoms with Gasteiger partial charge in [0.15, 0.2) is 5.96 Å². The monoisotopic (exact) mass is 281 g/mol. The summed E-state index contributed by atoms with van der Waals surface area (Å²) in [4.78, 5) is 12.3. The number of unbranched alkanes of at least 4 members (excludes halogenated alkanes) is 1. The summed E-state index contributed by atoms with van der Waals surface area (Å²) in [5, 5.41) is 3.42. The van der Waals surface area contributed by atoms with E-state index in [2.05, 4.69) is 40.9 Å². The number of guanidine groups is 1. The Balaban J connectivity index is 1.88. The number of hydrogen-bond donors (Lipinski definition) is 1. The molecule has 1 N–H and O–H groups in total. The lowest BCUT2D eigenvalue weighted by atomic mass is 10.1. The molecule has 1 atom stereocenters. The van der Waals surface area contributed by atoms with Crippen LogP contribution in [0.4, 0.5) is 0 Å². The van der Waals surface area contributed by atoms with Gasteiger partial charge in [0, 0.05) is 58.9 Å². The fourth-order valence-corrected chi connectivity index (χ4v) is 3.06. The second kappa shape index (κ2) is 7.84. The predicted molar refractivity (Wildman–Crippen MR) is 85.3 cm³/mol. The van der Waals surface area contributed by atoms with E-state index in [0.29, 0.717) is 6.04 Å². The van der Waals surface area contributed by atoms with Gasteiger partial charge < -0.3 is 10.2 Å². The van der Waals surface area contributed by atoms with Gasteiger partial charge in [0.05, 0.1) is 6.54 Å². The molecular weight excluding hydrogens is 250 g/mol. The van der Waals surface area contributed by atoms with Crippen LogP contribution in [0, 0.1) is 0 Å². The number of fused-ring (bicyclic) bond motifs is 3. The van der Waals surface area contributed by atoms with Gasteiger partial charge in [-0.3, -0.25) is 14.8 Å². The predicted octanol–water partition coefficient (Wildman–Crippen LogP) is 0.684. The normalized spacial score (nSPS) is 29.6. The van der Waals surface area contributed by atoms with Gasteiger partial charge in [0.1, 0.15) is 0 Å².